The highest BCUT2D eigenvalue weighted by atomic mass is 35.5. The molecule has 0 aromatic carbocycles. The summed E-state index contributed by atoms with van der Waals surface area (Å²) in [6, 6.07) is 8.01. The fourth-order valence-electron chi connectivity index (χ4n) is 3.38. The molecule has 0 saturated carbocycles. The molecule has 4 rings (SSSR count). The summed E-state index contributed by atoms with van der Waals surface area (Å²) in [6.45, 7) is 5.98. The Morgan fingerprint density at radius 1 is 1.12 bits per heavy atom. The summed E-state index contributed by atoms with van der Waals surface area (Å²) in [5.41, 5.74) is 5.32. The van der Waals surface area contributed by atoms with Gasteiger partial charge in [0.25, 0.3) is 11.1 Å². The highest BCUT2D eigenvalue weighted by Crippen LogP contribution is 2.27. The van der Waals surface area contributed by atoms with Crippen molar-refractivity contribution in [1.82, 2.24) is 13.8 Å². The first-order valence-corrected chi connectivity index (χ1v) is 8.95. The van der Waals surface area contributed by atoms with Crippen molar-refractivity contribution < 1.29 is 0 Å². The number of fused-ring (bicyclic) bond motifs is 2. The SMILES string of the molecule is CCc1c2s[nH]c(=O)c2c(=O)n2ccc(-c3cc(C)nc(C)c3)cc12.Cl. The fourth-order valence-corrected chi connectivity index (χ4v) is 4.33. The molecule has 0 atom stereocenters. The van der Waals surface area contributed by atoms with Gasteiger partial charge in [0.05, 0.1) is 10.2 Å². The van der Waals surface area contributed by atoms with Crippen LogP contribution in [-0.2, 0) is 6.42 Å². The standard InChI is InChI=1S/C19H17N3O2S.ClH/c1-4-14-15-9-12(13-7-10(2)20-11(3)8-13)5-6-22(15)19(24)16-17(14)25-21-18(16)23;/h5-9H,4H2,1-3H3,(H,21,23);1H. The monoisotopic (exact) mass is 387 g/mol. The van der Waals surface area contributed by atoms with Crippen LogP contribution in [0.2, 0.25) is 0 Å². The summed E-state index contributed by atoms with van der Waals surface area (Å²) in [6.07, 6.45) is 2.50. The number of rotatable bonds is 2. The van der Waals surface area contributed by atoms with E-state index in [1.165, 1.54) is 11.5 Å². The molecule has 0 unspecified atom stereocenters. The van der Waals surface area contributed by atoms with Crippen LogP contribution in [0.25, 0.3) is 26.7 Å². The number of pyridine rings is 3. The van der Waals surface area contributed by atoms with Gasteiger partial charge >= 0.3 is 0 Å². The van der Waals surface area contributed by atoms with Crippen molar-refractivity contribution in [1.29, 1.82) is 0 Å². The highest BCUT2D eigenvalue weighted by molar-refractivity contribution is 7.13. The number of nitrogens with one attached hydrogen (secondary N) is 1. The Labute approximate surface area is 159 Å². The minimum atomic E-state index is -0.307. The highest BCUT2D eigenvalue weighted by Gasteiger charge is 2.16. The van der Waals surface area contributed by atoms with E-state index in [-0.39, 0.29) is 28.9 Å². The van der Waals surface area contributed by atoms with Gasteiger partial charge in [-0.1, -0.05) is 18.5 Å². The van der Waals surface area contributed by atoms with Gasteiger partial charge in [-0.05, 0) is 61.2 Å². The van der Waals surface area contributed by atoms with Crippen LogP contribution in [-0.4, -0.2) is 13.8 Å². The number of aryl methyl sites for hydroxylation is 3. The van der Waals surface area contributed by atoms with Gasteiger partial charge in [-0.15, -0.1) is 12.4 Å². The van der Waals surface area contributed by atoms with E-state index in [1.54, 1.807) is 10.6 Å². The quantitative estimate of drug-likeness (QED) is 0.567. The van der Waals surface area contributed by atoms with Crippen LogP contribution in [0.5, 0.6) is 0 Å². The second-order valence-electron chi connectivity index (χ2n) is 6.18. The molecular formula is C19H18ClN3O2S. The normalized spacial score (nSPS) is 11.0. The molecule has 0 radical (unpaired) electrons. The van der Waals surface area contributed by atoms with Gasteiger partial charge in [0.15, 0.2) is 0 Å². The molecule has 4 aromatic heterocycles. The van der Waals surface area contributed by atoms with Crippen molar-refractivity contribution in [2.45, 2.75) is 27.2 Å². The Bertz CT molecular complexity index is 1230. The number of halogens is 1. The fraction of sp³-hybridized carbons (Fsp3) is 0.211. The lowest BCUT2D eigenvalue weighted by Crippen LogP contribution is -2.19. The van der Waals surface area contributed by atoms with Crippen molar-refractivity contribution in [2.75, 3.05) is 0 Å². The first-order chi connectivity index (χ1) is 12.0. The summed E-state index contributed by atoms with van der Waals surface area (Å²) >= 11 is 1.24. The van der Waals surface area contributed by atoms with Crippen LogP contribution < -0.4 is 11.1 Å². The van der Waals surface area contributed by atoms with Crippen LogP contribution in [0, 0.1) is 13.8 Å². The van der Waals surface area contributed by atoms with Gasteiger partial charge in [-0.25, -0.2) is 0 Å². The molecular weight excluding hydrogens is 370 g/mol. The predicted molar refractivity (Wildman–Crippen MR) is 109 cm³/mol. The topological polar surface area (TPSA) is 67.2 Å². The van der Waals surface area contributed by atoms with Crippen LogP contribution in [0.3, 0.4) is 0 Å². The Kier molecular flexibility index (Phi) is 4.73. The van der Waals surface area contributed by atoms with Crippen LogP contribution in [0.1, 0.15) is 23.9 Å². The molecule has 0 bridgehead atoms. The first kappa shape index (κ1) is 18.4. The van der Waals surface area contributed by atoms with Gasteiger partial charge in [0.2, 0.25) is 0 Å². The summed E-state index contributed by atoms with van der Waals surface area (Å²) in [5.74, 6) is 0. The maximum absolute atomic E-state index is 12.7. The van der Waals surface area contributed by atoms with Crippen molar-refractivity contribution in [3.05, 3.63) is 68.1 Å². The summed E-state index contributed by atoms with van der Waals surface area (Å²) in [4.78, 5) is 29.2. The number of aromatic nitrogens is 3. The molecule has 26 heavy (non-hydrogen) atoms. The number of hydrogen-bond donors (Lipinski definition) is 1. The molecule has 0 amide bonds. The molecule has 0 fully saturated rings. The lowest BCUT2D eigenvalue weighted by Gasteiger charge is -2.11. The average Bonchev–Trinajstić information content (AvgIpc) is 2.96. The summed E-state index contributed by atoms with van der Waals surface area (Å²) < 4.78 is 5.03. The van der Waals surface area contributed by atoms with Gasteiger partial charge < -0.3 is 0 Å². The minimum Gasteiger partial charge on any atom is -0.283 e. The third-order valence-corrected chi connectivity index (χ3v) is 5.38. The van der Waals surface area contributed by atoms with Crippen molar-refractivity contribution >= 4 is 39.5 Å². The summed E-state index contributed by atoms with van der Waals surface area (Å²) in [5, 5.41) is 0.252. The molecule has 4 heterocycles. The lowest BCUT2D eigenvalue weighted by atomic mass is 10.0. The summed E-state index contributed by atoms with van der Waals surface area (Å²) in [7, 11) is 0. The Morgan fingerprint density at radius 3 is 2.46 bits per heavy atom. The van der Waals surface area contributed by atoms with Gasteiger partial charge in [-0.2, -0.15) is 0 Å². The molecule has 0 spiro atoms. The van der Waals surface area contributed by atoms with Gasteiger partial charge in [0.1, 0.15) is 5.39 Å². The molecule has 0 saturated heterocycles. The Balaban J connectivity index is 0.00000196. The smallest absolute Gasteiger partial charge is 0.271 e. The molecule has 134 valence electrons. The predicted octanol–water partition coefficient (Wildman–Crippen LogP) is 3.87. The maximum atomic E-state index is 12.7. The van der Waals surface area contributed by atoms with Crippen molar-refractivity contribution in [3.8, 4) is 11.1 Å². The zero-order valence-electron chi connectivity index (χ0n) is 14.6. The number of H-pyrrole nitrogens is 1. The van der Waals surface area contributed by atoms with E-state index in [1.807, 2.05) is 45.0 Å². The minimum absolute atomic E-state index is 0. The second-order valence-corrected chi connectivity index (χ2v) is 7.00. The maximum Gasteiger partial charge on any atom is 0.271 e. The molecule has 7 heteroatoms. The van der Waals surface area contributed by atoms with Crippen LogP contribution in [0.4, 0.5) is 0 Å². The van der Waals surface area contributed by atoms with E-state index in [2.05, 4.69) is 9.36 Å². The van der Waals surface area contributed by atoms with E-state index in [9.17, 15) is 9.59 Å². The molecule has 0 aliphatic rings. The lowest BCUT2D eigenvalue weighted by molar-refractivity contribution is 1.07. The Hall–Kier alpha value is -2.44. The van der Waals surface area contributed by atoms with E-state index in [0.717, 1.165) is 44.7 Å². The third-order valence-electron chi connectivity index (χ3n) is 4.44. The van der Waals surface area contributed by atoms with Gasteiger partial charge in [-0.3, -0.25) is 23.3 Å². The van der Waals surface area contributed by atoms with Crippen LogP contribution in [0.15, 0.2) is 40.1 Å². The molecule has 0 aliphatic heterocycles. The van der Waals surface area contributed by atoms with E-state index in [4.69, 9.17) is 0 Å². The van der Waals surface area contributed by atoms with E-state index >= 15 is 0 Å². The molecule has 4 aromatic rings. The van der Waals surface area contributed by atoms with Crippen LogP contribution >= 0.6 is 23.9 Å². The molecule has 1 N–H and O–H groups in total. The largest absolute Gasteiger partial charge is 0.283 e. The van der Waals surface area contributed by atoms with Gasteiger partial charge in [0, 0.05) is 17.6 Å². The second kappa shape index (κ2) is 6.70. The number of aromatic amines is 1. The third kappa shape index (κ3) is 2.75. The van der Waals surface area contributed by atoms with E-state index in [0.29, 0.717) is 0 Å². The molecule has 0 aliphatic carbocycles. The number of nitrogens with zero attached hydrogens (tertiary/aromatic N) is 2. The number of hydrogen-bond acceptors (Lipinski definition) is 4. The zero-order valence-corrected chi connectivity index (χ0v) is 16.3. The van der Waals surface area contributed by atoms with E-state index < -0.39 is 0 Å². The first-order valence-electron chi connectivity index (χ1n) is 8.13. The zero-order chi connectivity index (χ0) is 17.7. The molecule has 5 nitrogen and oxygen atoms in total. The average molecular weight is 388 g/mol. The Morgan fingerprint density at radius 2 is 1.81 bits per heavy atom. The van der Waals surface area contributed by atoms with Crippen molar-refractivity contribution in [2.24, 2.45) is 0 Å². The van der Waals surface area contributed by atoms with Crippen molar-refractivity contribution in [3.63, 3.8) is 0 Å².